The number of aromatic nitrogens is 2. The monoisotopic (exact) mass is 259 g/mol. The Morgan fingerprint density at radius 1 is 1.26 bits per heavy atom. The lowest BCUT2D eigenvalue weighted by Gasteiger charge is -2.27. The topological polar surface area (TPSA) is 39.1 Å². The van der Waals surface area contributed by atoms with Gasteiger partial charge in [0, 0.05) is 20.4 Å². The zero-order chi connectivity index (χ0) is 13.7. The Hall–Kier alpha value is -1.65. The Balaban J connectivity index is 2.34. The first-order chi connectivity index (χ1) is 9.27. The standard InChI is InChI=1S/C15H21N3O/c1-4-16-14(13-10-11-17-18(13)2)15(19-3)12-8-6-5-7-9-12/h5-11,14-16H,4H2,1-3H3. The van der Waals surface area contributed by atoms with Crippen molar-refractivity contribution in [3.05, 3.63) is 53.9 Å². The highest BCUT2D eigenvalue weighted by Crippen LogP contribution is 2.31. The van der Waals surface area contributed by atoms with Crippen molar-refractivity contribution in [3.8, 4) is 0 Å². The summed E-state index contributed by atoms with van der Waals surface area (Å²) in [4.78, 5) is 0. The molecular formula is C15H21N3O. The minimum absolute atomic E-state index is 0.0310. The minimum atomic E-state index is -0.0310. The lowest BCUT2D eigenvalue weighted by Crippen LogP contribution is -2.29. The van der Waals surface area contributed by atoms with Gasteiger partial charge in [-0.05, 0) is 18.2 Å². The highest BCUT2D eigenvalue weighted by atomic mass is 16.5. The molecule has 2 aromatic rings. The van der Waals surface area contributed by atoms with Gasteiger partial charge in [0.25, 0.3) is 0 Å². The maximum atomic E-state index is 5.73. The van der Waals surface area contributed by atoms with Crippen LogP contribution in [-0.2, 0) is 11.8 Å². The van der Waals surface area contributed by atoms with Crippen molar-refractivity contribution in [2.45, 2.75) is 19.1 Å². The third-order valence-electron chi connectivity index (χ3n) is 3.29. The second-order valence-corrected chi connectivity index (χ2v) is 4.48. The Kier molecular flexibility index (Phi) is 4.71. The number of nitrogens with one attached hydrogen (secondary N) is 1. The van der Waals surface area contributed by atoms with Crippen molar-refractivity contribution >= 4 is 0 Å². The number of nitrogens with zero attached hydrogens (tertiary/aromatic N) is 2. The summed E-state index contributed by atoms with van der Waals surface area (Å²) in [5, 5.41) is 7.74. The number of hydrogen-bond donors (Lipinski definition) is 1. The van der Waals surface area contributed by atoms with E-state index in [-0.39, 0.29) is 12.1 Å². The predicted molar refractivity (Wildman–Crippen MR) is 75.8 cm³/mol. The molecule has 4 heteroatoms. The van der Waals surface area contributed by atoms with E-state index in [1.165, 1.54) is 0 Å². The van der Waals surface area contributed by atoms with E-state index in [1.807, 2.05) is 42.2 Å². The molecule has 1 aromatic carbocycles. The first kappa shape index (κ1) is 13.8. The van der Waals surface area contributed by atoms with Crippen LogP contribution >= 0.6 is 0 Å². The lowest BCUT2D eigenvalue weighted by atomic mass is 9.99. The van der Waals surface area contributed by atoms with E-state index in [2.05, 4.69) is 29.5 Å². The van der Waals surface area contributed by atoms with Gasteiger partial charge in [0.2, 0.25) is 0 Å². The maximum Gasteiger partial charge on any atom is 0.103 e. The fourth-order valence-corrected chi connectivity index (χ4v) is 2.38. The van der Waals surface area contributed by atoms with Gasteiger partial charge in [0.15, 0.2) is 0 Å². The zero-order valence-electron chi connectivity index (χ0n) is 11.7. The predicted octanol–water partition coefficient (Wildman–Crippen LogP) is 2.46. The Morgan fingerprint density at radius 2 is 2.00 bits per heavy atom. The molecule has 2 rings (SSSR count). The number of benzene rings is 1. The Bertz CT molecular complexity index is 495. The molecule has 1 N–H and O–H groups in total. The number of methoxy groups -OCH3 is 1. The van der Waals surface area contributed by atoms with Gasteiger partial charge < -0.3 is 10.1 Å². The van der Waals surface area contributed by atoms with Crippen LogP contribution in [0, 0.1) is 0 Å². The Labute approximate surface area is 114 Å². The number of rotatable bonds is 6. The van der Waals surface area contributed by atoms with Crippen molar-refractivity contribution in [1.82, 2.24) is 15.1 Å². The summed E-state index contributed by atoms with van der Waals surface area (Å²) >= 11 is 0. The average Bonchev–Trinajstić information content (AvgIpc) is 2.86. The van der Waals surface area contributed by atoms with Crippen molar-refractivity contribution in [1.29, 1.82) is 0 Å². The van der Waals surface area contributed by atoms with Crippen LogP contribution in [0.15, 0.2) is 42.6 Å². The van der Waals surface area contributed by atoms with E-state index in [0.29, 0.717) is 0 Å². The SMILES string of the molecule is CCNC(c1ccnn1C)C(OC)c1ccccc1. The maximum absolute atomic E-state index is 5.73. The fourth-order valence-electron chi connectivity index (χ4n) is 2.38. The van der Waals surface area contributed by atoms with Crippen molar-refractivity contribution in [3.63, 3.8) is 0 Å². The van der Waals surface area contributed by atoms with Crippen molar-refractivity contribution < 1.29 is 4.74 Å². The zero-order valence-corrected chi connectivity index (χ0v) is 11.7. The molecule has 0 radical (unpaired) electrons. The number of ether oxygens (including phenoxy) is 1. The quantitative estimate of drug-likeness (QED) is 0.866. The molecule has 1 heterocycles. The van der Waals surface area contributed by atoms with Gasteiger partial charge >= 0.3 is 0 Å². The first-order valence-electron chi connectivity index (χ1n) is 6.57. The van der Waals surface area contributed by atoms with E-state index < -0.39 is 0 Å². The second kappa shape index (κ2) is 6.50. The molecule has 4 nitrogen and oxygen atoms in total. The molecule has 0 spiro atoms. The molecule has 1 aromatic heterocycles. The van der Waals surface area contributed by atoms with Crippen LogP contribution in [0.1, 0.15) is 30.3 Å². The van der Waals surface area contributed by atoms with Gasteiger partial charge in [0.05, 0.1) is 11.7 Å². The molecule has 0 saturated heterocycles. The van der Waals surface area contributed by atoms with E-state index in [4.69, 9.17) is 4.74 Å². The largest absolute Gasteiger partial charge is 0.375 e. The number of aryl methyl sites for hydroxylation is 1. The van der Waals surface area contributed by atoms with E-state index >= 15 is 0 Å². The summed E-state index contributed by atoms with van der Waals surface area (Å²) < 4.78 is 7.62. The van der Waals surface area contributed by atoms with Crippen LogP contribution in [0.2, 0.25) is 0 Å². The summed E-state index contributed by atoms with van der Waals surface area (Å²) in [5.74, 6) is 0. The smallest absolute Gasteiger partial charge is 0.103 e. The summed E-state index contributed by atoms with van der Waals surface area (Å²) in [5.41, 5.74) is 2.29. The van der Waals surface area contributed by atoms with Gasteiger partial charge in [-0.25, -0.2) is 0 Å². The average molecular weight is 259 g/mol. The van der Waals surface area contributed by atoms with Crippen LogP contribution in [0.25, 0.3) is 0 Å². The molecule has 2 atom stereocenters. The summed E-state index contributed by atoms with van der Waals surface area (Å²) in [6.07, 6.45) is 1.79. The van der Waals surface area contributed by atoms with E-state index in [0.717, 1.165) is 17.8 Å². The third-order valence-corrected chi connectivity index (χ3v) is 3.29. The Morgan fingerprint density at radius 3 is 2.53 bits per heavy atom. The fraction of sp³-hybridized carbons (Fsp3) is 0.400. The lowest BCUT2D eigenvalue weighted by molar-refractivity contribution is 0.0655. The number of hydrogen-bond acceptors (Lipinski definition) is 3. The van der Waals surface area contributed by atoms with Crippen LogP contribution < -0.4 is 5.32 Å². The van der Waals surface area contributed by atoms with Gasteiger partial charge in [-0.3, -0.25) is 4.68 Å². The second-order valence-electron chi connectivity index (χ2n) is 4.48. The highest BCUT2D eigenvalue weighted by Gasteiger charge is 2.26. The minimum Gasteiger partial charge on any atom is -0.375 e. The van der Waals surface area contributed by atoms with Gasteiger partial charge in [-0.1, -0.05) is 37.3 Å². The summed E-state index contributed by atoms with van der Waals surface area (Å²) in [6, 6.07) is 12.4. The van der Waals surface area contributed by atoms with Gasteiger partial charge in [-0.15, -0.1) is 0 Å². The molecule has 2 unspecified atom stereocenters. The molecule has 102 valence electrons. The van der Waals surface area contributed by atoms with Crippen LogP contribution in [0.4, 0.5) is 0 Å². The van der Waals surface area contributed by atoms with Gasteiger partial charge in [-0.2, -0.15) is 5.10 Å². The first-order valence-corrected chi connectivity index (χ1v) is 6.57. The number of likely N-dealkylation sites (N-methyl/N-ethyl adjacent to an activating group) is 1. The van der Waals surface area contributed by atoms with E-state index in [1.54, 1.807) is 7.11 Å². The van der Waals surface area contributed by atoms with Crippen LogP contribution in [0.5, 0.6) is 0 Å². The van der Waals surface area contributed by atoms with Crippen molar-refractivity contribution in [2.75, 3.05) is 13.7 Å². The molecular weight excluding hydrogens is 238 g/mol. The molecule has 0 amide bonds. The third kappa shape index (κ3) is 3.03. The molecule has 0 saturated carbocycles. The molecule has 0 aliphatic rings. The molecule has 0 fully saturated rings. The summed E-state index contributed by atoms with van der Waals surface area (Å²) in [6.45, 7) is 2.98. The molecule has 0 aliphatic carbocycles. The molecule has 0 aliphatic heterocycles. The highest BCUT2D eigenvalue weighted by molar-refractivity contribution is 5.22. The molecule has 19 heavy (non-hydrogen) atoms. The van der Waals surface area contributed by atoms with Crippen molar-refractivity contribution in [2.24, 2.45) is 7.05 Å². The van der Waals surface area contributed by atoms with Crippen LogP contribution in [0.3, 0.4) is 0 Å². The van der Waals surface area contributed by atoms with E-state index in [9.17, 15) is 0 Å². The summed E-state index contributed by atoms with van der Waals surface area (Å²) in [7, 11) is 3.70. The molecule has 0 bridgehead atoms. The van der Waals surface area contributed by atoms with Gasteiger partial charge in [0.1, 0.15) is 6.10 Å². The van der Waals surface area contributed by atoms with Crippen LogP contribution in [-0.4, -0.2) is 23.4 Å². The normalized spacial score (nSPS) is 14.3.